The summed E-state index contributed by atoms with van der Waals surface area (Å²) in [6.45, 7) is 1.71. The van der Waals surface area contributed by atoms with Crippen molar-refractivity contribution in [2.24, 2.45) is 5.92 Å². The Morgan fingerprint density at radius 3 is 2.63 bits per heavy atom. The van der Waals surface area contributed by atoms with Crippen LogP contribution in [-0.2, 0) is 10.0 Å². The summed E-state index contributed by atoms with van der Waals surface area (Å²) in [6.07, 6.45) is 6.62. The first-order chi connectivity index (χ1) is 13.0. The van der Waals surface area contributed by atoms with Crippen LogP contribution in [-0.4, -0.2) is 48.6 Å². The molecule has 0 atom stereocenters. The van der Waals surface area contributed by atoms with Crippen LogP contribution in [0.15, 0.2) is 48.8 Å². The van der Waals surface area contributed by atoms with Gasteiger partial charge in [0.05, 0.1) is 18.2 Å². The van der Waals surface area contributed by atoms with Crippen LogP contribution in [0.3, 0.4) is 0 Å². The Bertz CT molecular complexity index is 1020. The maximum Gasteiger partial charge on any atom is 0.211 e. The maximum absolute atomic E-state index is 11.6. The van der Waals surface area contributed by atoms with Crippen molar-refractivity contribution < 1.29 is 13.2 Å². The van der Waals surface area contributed by atoms with Crippen LogP contribution in [0.4, 0.5) is 0 Å². The smallest absolute Gasteiger partial charge is 0.211 e. The predicted molar refractivity (Wildman–Crippen MR) is 106 cm³/mol. The lowest BCUT2D eigenvalue weighted by molar-refractivity contribution is 0.187. The van der Waals surface area contributed by atoms with Crippen LogP contribution in [0.2, 0.25) is 0 Å². The van der Waals surface area contributed by atoms with Crippen molar-refractivity contribution in [3.05, 3.63) is 48.8 Å². The minimum Gasteiger partial charge on any atom is -0.492 e. The molecule has 3 heterocycles. The van der Waals surface area contributed by atoms with Gasteiger partial charge in [0.1, 0.15) is 11.4 Å². The predicted octanol–water partition coefficient (Wildman–Crippen LogP) is 3.28. The average Bonchev–Trinajstić information content (AvgIpc) is 3.11. The molecule has 1 N–H and O–H groups in total. The normalized spacial score (nSPS) is 16.6. The largest absolute Gasteiger partial charge is 0.492 e. The van der Waals surface area contributed by atoms with Gasteiger partial charge >= 0.3 is 0 Å². The van der Waals surface area contributed by atoms with Crippen LogP contribution in [0, 0.1) is 5.92 Å². The fourth-order valence-corrected chi connectivity index (χ4v) is 4.48. The number of fused-ring (bicyclic) bond motifs is 1. The molecule has 0 bridgehead atoms. The molecule has 0 unspecified atom stereocenters. The minimum absolute atomic E-state index is 0.352. The molecule has 0 aliphatic carbocycles. The first-order valence-electron chi connectivity index (χ1n) is 9.12. The summed E-state index contributed by atoms with van der Waals surface area (Å²) in [6, 6.07) is 12.1. The second kappa shape index (κ2) is 7.32. The molecule has 142 valence electrons. The van der Waals surface area contributed by atoms with E-state index in [-0.39, 0.29) is 0 Å². The van der Waals surface area contributed by atoms with E-state index in [2.05, 4.69) is 22.1 Å². The Labute approximate surface area is 159 Å². The molecular weight excluding hydrogens is 362 g/mol. The quantitative estimate of drug-likeness (QED) is 0.731. The highest BCUT2D eigenvalue weighted by atomic mass is 32.2. The van der Waals surface area contributed by atoms with Gasteiger partial charge in [0.2, 0.25) is 10.0 Å². The molecule has 7 heteroatoms. The van der Waals surface area contributed by atoms with Crippen molar-refractivity contribution in [3.8, 4) is 16.9 Å². The van der Waals surface area contributed by atoms with E-state index in [4.69, 9.17) is 4.74 Å². The summed E-state index contributed by atoms with van der Waals surface area (Å²) in [5, 5.41) is 0.984. The van der Waals surface area contributed by atoms with Crippen LogP contribution in [0.25, 0.3) is 22.2 Å². The standard InChI is InChI=1S/C20H23N3O3S/c1-27(24,25)23-11-8-15(9-12-23)14-26-18-7-10-21-20-19(18)17(13-22-20)16-5-3-2-4-6-16/h2-7,10,13,15H,8-9,11-12,14H2,1H3,(H,21,22). The fourth-order valence-electron chi connectivity index (χ4n) is 3.61. The highest BCUT2D eigenvalue weighted by Gasteiger charge is 2.25. The summed E-state index contributed by atoms with van der Waals surface area (Å²) in [5.41, 5.74) is 2.99. The molecule has 1 saturated heterocycles. The average molecular weight is 385 g/mol. The third-order valence-electron chi connectivity index (χ3n) is 5.14. The number of nitrogens with zero attached hydrogens (tertiary/aromatic N) is 2. The van der Waals surface area contributed by atoms with Crippen molar-refractivity contribution in [2.75, 3.05) is 26.0 Å². The first-order valence-corrected chi connectivity index (χ1v) is 11.0. The van der Waals surface area contributed by atoms with E-state index >= 15 is 0 Å². The summed E-state index contributed by atoms with van der Waals surface area (Å²) < 4.78 is 31.0. The number of sulfonamides is 1. The molecule has 2 aromatic heterocycles. The third kappa shape index (κ3) is 3.84. The lowest BCUT2D eigenvalue weighted by Gasteiger charge is -2.30. The summed E-state index contributed by atoms with van der Waals surface area (Å²) in [4.78, 5) is 7.63. The van der Waals surface area contributed by atoms with Crippen molar-refractivity contribution in [2.45, 2.75) is 12.8 Å². The first kappa shape index (κ1) is 18.0. The van der Waals surface area contributed by atoms with E-state index in [0.29, 0.717) is 25.6 Å². The van der Waals surface area contributed by atoms with E-state index in [9.17, 15) is 8.42 Å². The summed E-state index contributed by atoms with van der Waals surface area (Å²) in [7, 11) is -3.09. The number of aromatic nitrogens is 2. The van der Waals surface area contributed by atoms with E-state index in [1.165, 1.54) is 6.26 Å². The number of hydrogen-bond donors (Lipinski definition) is 1. The number of rotatable bonds is 5. The molecule has 1 aliphatic rings. The van der Waals surface area contributed by atoms with Gasteiger partial charge in [-0.15, -0.1) is 0 Å². The number of benzene rings is 1. The number of H-pyrrole nitrogens is 1. The zero-order chi connectivity index (χ0) is 18.9. The molecule has 0 spiro atoms. The highest BCUT2D eigenvalue weighted by Crippen LogP contribution is 2.34. The van der Waals surface area contributed by atoms with E-state index < -0.39 is 10.0 Å². The van der Waals surface area contributed by atoms with Gasteiger partial charge in [-0.3, -0.25) is 0 Å². The number of pyridine rings is 1. The van der Waals surface area contributed by atoms with Crippen LogP contribution in [0.5, 0.6) is 5.75 Å². The molecule has 0 radical (unpaired) electrons. The van der Waals surface area contributed by atoms with Gasteiger partial charge in [0.15, 0.2) is 0 Å². The second-order valence-corrected chi connectivity index (χ2v) is 9.00. The molecule has 1 aromatic carbocycles. The molecule has 27 heavy (non-hydrogen) atoms. The maximum atomic E-state index is 11.6. The Morgan fingerprint density at radius 1 is 1.19 bits per heavy atom. The number of aromatic amines is 1. The van der Waals surface area contributed by atoms with Gasteiger partial charge < -0.3 is 9.72 Å². The number of nitrogens with one attached hydrogen (secondary N) is 1. The van der Waals surface area contributed by atoms with E-state index in [1.807, 2.05) is 30.5 Å². The Morgan fingerprint density at radius 2 is 1.93 bits per heavy atom. The monoisotopic (exact) mass is 385 g/mol. The van der Waals surface area contributed by atoms with Gasteiger partial charge in [-0.25, -0.2) is 17.7 Å². The molecule has 1 fully saturated rings. The van der Waals surface area contributed by atoms with Crippen LogP contribution in [0.1, 0.15) is 12.8 Å². The van der Waals surface area contributed by atoms with Crippen LogP contribution >= 0.6 is 0 Å². The van der Waals surface area contributed by atoms with Gasteiger partial charge in [-0.1, -0.05) is 30.3 Å². The summed E-state index contributed by atoms with van der Waals surface area (Å²) in [5.74, 6) is 1.16. The molecule has 3 aromatic rings. The molecular formula is C20H23N3O3S. The lowest BCUT2D eigenvalue weighted by atomic mass is 9.99. The lowest BCUT2D eigenvalue weighted by Crippen LogP contribution is -2.39. The van der Waals surface area contributed by atoms with Crippen molar-refractivity contribution in [1.82, 2.24) is 14.3 Å². The second-order valence-electron chi connectivity index (χ2n) is 7.02. The number of hydrogen-bond acceptors (Lipinski definition) is 4. The van der Waals surface area contributed by atoms with Crippen LogP contribution < -0.4 is 4.74 Å². The molecule has 0 amide bonds. The van der Waals surface area contributed by atoms with Gasteiger partial charge in [-0.05, 0) is 30.4 Å². The van der Waals surface area contributed by atoms with Gasteiger partial charge in [-0.2, -0.15) is 0 Å². The van der Waals surface area contributed by atoms with E-state index in [0.717, 1.165) is 40.8 Å². The Kier molecular flexibility index (Phi) is 4.88. The Balaban J connectivity index is 1.51. The third-order valence-corrected chi connectivity index (χ3v) is 6.44. The van der Waals surface area contributed by atoms with Gasteiger partial charge in [0.25, 0.3) is 0 Å². The highest BCUT2D eigenvalue weighted by molar-refractivity contribution is 7.88. The number of piperidine rings is 1. The zero-order valence-corrected chi connectivity index (χ0v) is 16.1. The molecule has 6 nitrogen and oxygen atoms in total. The van der Waals surface area contributed by atoms with Crippen molar-refractivity contribution in [3.63, 3.8) is 0 Å². The molecule has 4 rings (SSSR count). The Hall–Kier alpha value is -2.38. The molecule has 0 saturated carbocycles. The van der Waals surface area contributed by atoms with Crippen molar-refractivity contribution >= 4 is 21.1 Å². The summed E-state index contributed by atoms with van der Waals surface area (Å²) >= 11 is 0. The SMILES string of the molecule is CS(=O)(=O)N1CCC(COc2ccnc3[nH]cc(-c4ccccc4)c23)CC1. The van der Waals surface area contributed by atoms with E-state index in [1.54, 1.807) is 10.5 Å². The van der Waals surface area contributed by atoms with Gasteiger partial charge in [0, 0.05) is 31.0 Å². The zero-order valence-electron chi connectivity index (χ0n) is 15.3. The minimum atomic E-state index is -3.09. The molecule has 1 aliphatic heterocycles. The van der Waals surface area contributed by atoms with Crippen molar-refractivity contribution in [1.29, 1.82) is 0 Å². The topological polar surface area (TPSA) is 75.3 Å². The fraction of sp³-hybridized carbons (Fsp3) is 0.350. The number of ether oxygens (including phenoxy) is 1.